The lowest BCUT2D eigenvalue weighted by molar-refractivity contribution is -0.135. The summed E-state index contributed by atoms with van der Waals surface area (Å²) in [6.07, 6.45) is 3.47. The van der Waals surface area contributed by atoms with Gasteiger partial charge in [0.1, 0.15) is 18.7 Å². The Kier molecular flexibility index (Phi) is 2.39. The number of nitrogens with zero attached hydrogens (tertiary/aromatic N) is 5. The van der Waals surface area contributed by atoms with E-state index >= 15 is 0 Å². The third-order valence-corrected chi connectivity index (χ3v) is 2.95. The van der Waals surface area contributed by atoms with Gasteiger partial charge in [-0.05, 0) is 19.8 Å². The fraction of sp³-hybridized carbons (Fsp3) is 0.455. The maximum Gasteiger partial charge on any atom is 0.323 e. The van der Waals surface area contributed by atoms with Gasteiger partial charge in [-0.15, -0.1) is 0 Å². The normalized spacial score (nSPS) is 14.9. The zero-order valence-corrected chi connectivity index (χ0v) is 9.94. The van der Waals surface area contributed by atoms with Gasteiger partial charge in [0.05, 0.1) is 0 Å². The molecule has 3 rings (SSSR count). The molecule has 2 aromatic heterocycles. The van der Waals surface area contributed by atoms with Gasteiger partial charge in [-0.1, -0.05) is 0 Å². The molecule has 94 valence electrons. The van der Waals surface area contributed by atoms with Crippen LogP contribution in [0.25, 0.3) is 5.78 Å². The third-order valence-electron chi connectivity index (χ3n) is 2.95. The number of aliphatic carboxylic acids is 1. The molecule has 0 unspecified atom stereocenters. The van der Waals surface area contributed by atoms with Crippen molar-refractivity contribution in [1.82, 2.24) is 19.6 Å². The molecule has 7 heteroatoms. The number of carboxylic acids is 1. The molecule has 0 atom stereocenters. The van der Waals surface area contributed by atoms with Crippen LogP contribution in [0.3, 0.4) is 0 Å². The molecule has 1 aliphatic carbocycles. The fourth-order valence-corrected chi connectivity index (χ4v) is 2.04. The number of rotatable bonds is 4. The molecule has 0 aliphatic heterocycles. The summed E-state index contributed by atoms with van der Waals surface area (Å²) in [4.78, 5) is 21.1. The highest BCUT2D eigenvalue weighted by Gasteiger charge is 2.32. The molecule has 0 amide bonds. The highest BCUT2D eigenvalue weighted by molar-refractivity contribution is 5.74. The largest absolute Gasteiger partial charge is 0.480 e. The van der Waals surface area contributed by atoms with Crippen LogP contribution in [0, 0.1) is 6.92 Å². The predicted molar refractivity (Wildman–Crippen MR) is 63.5 cm³/mol. The summed E-state index contributed by atoms with van der Waals surface area (Å²) in [5.41, 5.74) is 0.807. The van der Waals surface area contributed by atoms with Crippen molar-refractivity contribution >= 4 is 17.6 Å². The summed E-state index contributed by atoms with van der Waals surface area (Å²) >= 11 is 0. The van der Waals surface area contributed by atoms with Gasteiger partial charge in [0.25, 0.3) is 5.78 Å². The van der Waals surface area contributed by atoms with Crippen LogP contribution in [0.5, 0.6) is 0 Å². The van der Waals surface area contributed by atoms with Crippen molar-refractivity contribution in [2.45, 2.75) is 25.8 Å². The number of carbonyl (C=O) groups is 1. The van der Waals surface area contributed by atoms with Crippen molar-refractivity contribution in [3.8, 4) is 0 Å². The summed E-state index contributed by atoms with van der Waals surface area (Å²) in [5.74, 6) is 0.408. The average molecular weight is 247 g/mol. The summed E-state index contributed by atoms with van der Waals surface area (Å²) in [7, 11) is 0. The van der Waals surface area contributed by atoms with Crippen molar-refractivity contribution in [2.75, 3.05) is 11.4 Å². The minimum absolute atomic E-state index is 0.0247. The minimum atomic E-state index is -0.843. The van der Waals surface area contributed by atoms with E-state index in [2.05, 4.69) is 15.1 Å². The Bertz CT molecular complexity index is 604. The van der Waals surface area contributed by atoms with Gasteiger partial charge in [-0.3, -0.25) is 4.79 Å². The standard InChI is InChI=1S/C11H13N5O2/c1-7-4-9(16-11(14-7)12-6-13-16)15(5-10(17)18)8-2-3-8/h4,6,8H,2-3,5H2,1H3,(H,17,18). The van der Waals surface area contributed by atoms with Crippen molar-refractivity contribution in [1.29, 1.82) is 0 Å². The summed E-state index contributed by atoms with van der Waals surface area (Å²) in [5, 5.41) is 13.1. The van der Waals surface area contributed by atoms with Crippen molar-refractivity contribution < 1.29 is 9.90 Å². The number of hydrogen-bond donors (Lipinski definition) is 1. The molecule has 0 aromatic carbocycles. The Hall–Kier alpha value is -2.18. The zero-order valence-electron chi connectivity index (χ0n) is 9.94. The van der Waals surface area contributed by atoms with Crippen molar-refractivity contribution in [3.05, 3.63) is 18.1 Å². The molecule has 0 saturated heterocycles. The highest BCUT2D eigenvalue weighted by Crippen LogP contribution is 2.31. The molecule has 2 aromatic rings. The number of aromatic nitrogens is 4. The summed E-state index contributed by atoms with van der Waals surface area (Å²) in [6, 6.07) is 2.14. The molecule has 1 N–H and O–H groups in total. The predicted octanol–water partition coefficient (Wildman–Crippen LogP) is 0.486. The second-order valence-corrected chi connectivity index (χ2v) is 4.48. The molecular formula is C11H13N5O2. The van der Waals surface area contributed by atoms with Gasteiger partial charge < -0.3 is 10.0 Å². The monoisotopic (exact) mass is 247 g/mol. The topological polar surface area (TPSA) is 83.6 Å². The molecule has 2 heterocycles. The smallest absolute Gasteiger partial charge is 0.323 e. The lowest BCUT2D eigenvalue weighted by Gasteiger charge is -2.22. The Labute approximate surface area is 103 Å². The van der Waals surface area contributed by atoms with Crippen LogP contribution in [-0.4, -0.2) is 43.2 Å². The van der Waals surface area contributed by atoms with Gasteiger partial charge in [0, 0.05) is 17.8 Å². The van der Waals surface area contributed by atoms with Crippen LogP contribution in [-0.2, 0) is 4.79 Å². The van der Waals surface area contributed by atoms with Crippen LogP contribution < -0.4 is 4.90 Å². The van der Waals surface area contributed by atoms with Crippen LogP contribution in [0.2, 0.25) is 0 Å². The first-order valence-electron chi connectivity index (χ1n) is 5.81. The second-order valence-electron chi connectivity index (χ2n) is 4.48. The van der Waals surface area contributed by atoms with Crippen LogP contribution in [0.1, 0.15) is 18.5 Å². The van der Waals surface area contributed by atoms with Gasteiger partial charge in [-0.25, -0.2) is 4.98 Å². The summed E-state index contributed by atoms with van der Waals surface area (Å²) in [6.45, 7) is 1.84. The van der Waals surface area contributed by atoms with E-state index in [0.717, 1.165) is 24.4 Å². The molecule has 18 heavy (non-hydrogen) atoms. The number of hydrogen-bond acceptors (Lipinski definition) is 5. The molecular weight excluding hydrogens is 234 g/mol. The number of aryl methyl sites for hydroxylation is 1. The maximum atomic E-state index is 11.0. The highest BCUT2D eigenvalue weighted by atomic mass is 16.4. The molecule has 0 bridgehead atoms. The molecule has 0 spiro atoms. The van der Waals surface area contributed by atoms with Crippen LogP contribution in [0.4, 0.5) is 5.82 Å². The first-order valence-corrected chi connectivity index (χ1v) is 5.81. The van der Waals surface area contributed by atoms with Gasteiger partial charge in [0.15, 0.2) is 0 Å². The lowest BCUT2D eigenvalue weighted by atomic mass is 10.3. The molecule has 7 nitrogen and oxygen atoms in total. The van der Waals surface area contributed by atoms with E-state index in [-0.39, 0.29) is 12.6 Å². The van der Waals surface area contributed by atoms with Gasteiger partial charge in [0.2, 0.25) is 0 Å². The van der Waals surface area contributed by atoms with E-state index in [1.165, 1.54) is 6.33 Å². The van der Waals surface area contributed by atoms with E-state index in [4.69, 9.17) is 5.11 Å². The van der Waals surface area contributed by atoms with E-state index in [0.29, 0.717) is 5.78 Å². The Morgan fingerprint density at radius 2 is 2.39 bits per heavy atom. The Balaban J connectivity index is 2.09. The number of carboxylic acid groups (broad SMARTS) is 1. The second kappa shape index (κ2) is 3.94. The summed E-state index contributed by atoms with van der Waals surface area (Å²) < 4.78 is 1.59. The average Bonchev–Trinajstić information content (AvgIpc) is 3.04. The maximum absolute atomic E-state index is 11.0. The Morgan fingerprint density at radius 3 is 3.06 bits per heavy atom. The van der Waals surface area contributed by atoms with Crippen molar-refractivity contribution in [2.24, 2.45) is 0 Å². The van der Waals surface area contributed by atoms with Crippen LogP contribution >= 0.6 is 0 Å². The van der Waals surface area contributed by atoms with E-state index in [1.807, 2.05) is 17.9 Å². The quantitative estimate of drug-likeness (QED) is 0.846. The van der Waals surface area contributed by atoms with E-state index in [1.54, 1.807) is 4.52 Å². The molecule has 1 saturated carbocycles. The fourth-order valence-electron chi connectivity index (χ4n) is 2.04. The molecule has 1 aliphatic rings. The molecule has 1 fully saturated rings. The first kappa shape index (κ1) is 10.9. The van der Waals surface area contributed by atoms with E-state index < -0.39 is 5.97 Å². The minimum Gasteiger partial charge on any atom is -0.480 e. The number of anilines is 1. The van der Waals surface area contributed by atoms with E-state index in [9.17, 15) is 4.79 Å². The van der Waals surface area contributed by atoms with Crippen LogP contribution in [0.15, 0.2) is 12.4 Å². The lowest BCUT2D eigenvalue weighted by Crippen LogP contribution is -2.33. The zero-order chi connectivity index (χ0) is 12.7. The SMILES string of the molecule is Cc1cc(N(CC(=O)O)C2CC2)n2ncnc2n1. The van der Waals surface area contributed by atoms with Crippen molar-refractivity contribution in [3.63, 3.8) is 0 Å². The molecule has 0 radical (unpaired) electrons. The van der Waals surface area contributed by atoms with Gasteiger partial charge in [-0.2, -0.15) is 14.6 Å². The third kappa shape index (κ3) is 1.87. The Morgan fingerprint density at radius 1 is 1.61 bits per heavy atom. The first-order chi connectivity index (χ1) is 8.65. The van der Waals surface area contributed by atoms with Gasteiger partial charge >= 0.3 is 5.97 Å². The number of fused-ring (bicyclic) bond motifs is 1.